The molecule has 0 radical (unpaired) electrons. The first-order valence-electron chi connectivity index (χ1n) is 6.81. The van der Waals surface area contributed by atoms with Gasteiger partial charge in [0.1, 0.15) is 0 Å². The number of aromatic nitrogens is 1. The summed E-state index contributed by atoms with van der Waals surface area (Å²) in [7, 11) is 0. The van der Waals surface area contributed by atoms with Crippen LogP contribution >= 0.6 is 0 Å². The van der Waals surface area contributed by atoms with Crippen molar-refractivity contribution >= 4 is 11.7 Å². The van der Waals surface area contributed by atoms with E-state index in [1.807, 2.05) is 0 Å². The molecule has 1 aromatic heterocycles. The highest BCUT2D eigenvalue weighted by molar-refractivity contribution is 5.97. The van der Waals surface area contributed by atoms with Crippen LogP contribution in [0.3, 0.4) is 0 Å². The Labute approximate surface area is 118 Å². The molecule has 1 aromatic rings. The molecule has 0 aromatic carbocycles. The lowest BCUT2D eigenvalue weighted by atomic mass is 9.98. The lowest BCUT2D eigenvalue weighted by molar-refractivity contribution is -0.132. The van der Waals surface area contributed by atoms with Crippen molar-refractivity contribution in [2.75, 3.05) is 13.1 Å². The zero-order valence-electron chi connectivity index (χ0n) is 11.3. The van der Waals surface area contributed by atoms with Gasteiger partial charge >= 0.3 is 0 Å². The van der Waals surface area contributed by atoms with Crippen molar-refractivity contribution in [2.45, 2.75) is 25.7 Å². The Hall–Kier alpha value is -2.22. The summed E-state index contributed by atoms with van der Waals surface area (Å²) in [5.74, 6) is 0.00747. The SMILES string of the molecule is N#CC1CCN(C(=O)CCC(=O)c2cccnc2)CC1. The third kappa shape index (κ3) is 3.64. The van der Waals surface area contributed by atoms with Crippen molar-refractivity contribution < 1.29 is 9.59 Å². The number of rotatable bonds is 4. The number of hydrogen-bond acceptors (Lipinski definition) is 4. The Morgan fingerprint density at radius 3 is 2.70 bits per heavy atom. The van der Waals surface area contributed by atoms with Crippen molar-refractivity contribution in [3.05, 3.63) is 30.1 Å². The van der Waals surface area contributed by atoms with Gasteiger partial charge in [0, 0.05) is 49.8 Å². The number of ketones is 1. The van der Waals surface area contributed by atoms with Gasteiger partial charge in [-0.05, 0) is 25.0 Å². The standard InChI is InChI=1S/C15H17N3O2/c16-10-12-5-8-18(9-6-12)15(20)4-3-14(19)13-2-1-7-17-11-13/h1-2,7,11-12H,3-6,8-9H2. The van der Waals surface area contributed by atoms with E-state index in [0.29, 0.717) is 18.7 Å². The molecule has 0 atom stereocenters. The van der Waals surface area contributed by atoms with Crippen LogP contribution in [0.25, 0.3) is 0 Å². The predicted molar refractivity (Wildman–Crippen MR) is 72.7 cm³/mol. The molecule has 1 aliphatic heterocycles. The maximum Gasteiger partial charge on any atom is 0.223 e. The average Bonchev–Trinajstić information content (AvgIpc) is 2.53. The molecular formula is C15H17N3O2. The second kappa shape index (κ2) is 6.80. The predicted octanol–water partition coefficient (Wildman–Crippen LogP) is 1.81. The quantitative estimate of drug-likeness (QED) is 0.783. The summed E-state index contributed by atoms with van der Waals surface area (Å²) in [4.78, 5) is 29.5. The summed E-state index contributed by atoms with van der Waals surface area (Å²) in [5.41, 5.74) is 0.545. The van der Waals surface area contributed by atoms with Gasteiger partial charge in [-0.15, -0.1) is 0 Å². The fraction of sp³-hybridized carbons (Fsp3) is 0.467. The lowest BCUT2D eigenvalue weighted by Gasteiger charge is -2.29. The molecule has 1 aliphatic rings. The highest BCUT2D eigenvalue weighted by Crippen LogP contribution is 2.17. The normalized spacial score (nSPS) is 15.7. The molecule has 1 fully saturated rings. The molecule has 0 spiro atoms. The van der Waals surface area contributed by atoms with Gasteiger partial charge < -0.3 is 4.90 Å². The maximum absolute atomic E-state index is 12.0. The number of nitriles is 1. The summed E-state index contributed by atoms with van der Waals surface area (Å²) in [5, 5.41) is 8.81. The first-order chi connectivity index (χ1) is 9.70. The average molecular weight is 271 g/mol. The van der Waals surface area contributed by atoms with Crippen LogP contribution in [0.2, 0.25) is 0 Å². The molecule has 20 heavy (non-hydrogen) atoms. The van der Waals surface area contributed by atoms with E-state index in [-0.39, 0.29) is 30.4 Å². The summed E-state index contributed by atoms with van der Waals surface area (Å²) >= 11 is 0. The lowest BCUT2D eigenvalue weighted by Crippen LogP contribution is -2.38. The third-order valence-electron chi connectivity index (χ3n) is 3.58. The maximum atomic E-state index is 12.0. The van der Waals surface area contributed by atoms with Gasteiger partial charge in [-0.2, -0.15) is 5.26 Å². The van der Waals surface area contributed by atoms with Crippen molar-refractivity contribution in [1.82, 2.24) is 9.88 Å². The summed E-state index contributed by atoms with van der Waals surface area (Å²) in [6, 6.07) is 5.65. The van der Waals surface area contributed by atoms with Gasteiger partial charge in [-0.25, -0.2) is 0 Å². The second-order valence-corrected chi connectivity index (χ2v) is 4.95. The minimum Gasteiger partial charge on any atom is -0.343 e. The fourth-order valence-electron chi connectivity index (χ4n) is 2.31. The zero-order chi connectivity index (χ0) is 14.4. The molecule has 0 bridgehead atoms. The molecule has 0 N–H and O–H groups in total. The van der Waals surface area contributed by atoms with Crippen LogP contribution in [0.4, 0.5) is 0 Å². The number of amides is 1. The topological polar surface area (TPSA) is 74.1 Å². The van der Waals surface area contributed by atoms with E-state index in [0.717, 1.165) is 12.8 Å². The number of likely N-dealkylation sites (tertiary alicyclic amines) is 1. The third-order valence-corrected chi connectivity index (χ3v) is 3.58. The summed E-state index contributed by atoms with van der Waals surface area (Å²) in [6.45, 7) is 1.25. The summed E-state index contributed by atoms with van der Waals surface area (Å²) < 4.78 is 0. The van der Waals surface area contributed by atoms with Gasteiger partial charge in [-0.1, -0.05) is 0 Å². The minimum atomic E-state index is -0.0571. The monoisotopic (exact) mass is 271 g/mol. The molecule has 104 valence electrons. The smallest absolute Gasteiger partial charge is 0.223 e. The van der Waals surface area contributed by atoms with Crippen LogP contribution < -0.4 is 0 Å². The molecule has 0 saturated carbocycles. The number of carbonyl (C=O) groups excluding carboxylic acids is 2. The molecular weight excluding hydrogens is 254 g/mol. The highest BCUT2D eigenvalue weighted by atomic mass is 16.2. The Balaban J connectivity index is 1.79. The van der Waals surface area contributed by atoms with Crippen LogP contribution in [-0.2, 0) is 4.79 Å². The van der Waals surface area contributed by atoms with Gasteiger partial charge in [-0.3, -0.25) is 14.6 Å². The Morgan fingerprint density at radius 1 is 1.35 bits per heavy atom. The van der Waals surface area contributed by atoms with Crippen LogP contribution in [-0.4, -0.2) is 34.7 Å². The van der Waals surface area contributed by atoms with Crippen molar-refractivity contribution in [3.63, 3.8) is 0 Å². The number of Topliss-reactive ketones (excluding diaryl/α,β-unsaturated/α-hetero) is 1. The summed E-state index contributed by atoms with van der Waals surface area (Å²) in [6.07, 6.45) is 5.04. The van der Waals surface area contributed by atoms with E-state index in [4.69, 9.17) is 5.26 Å². The van der Waals surface area contributed by atoms with Crippen LogP contribution in [0.5, 0.6) is 0 Å². The molecule has 2 rings (SSSR count). The zero-order valence-corrected chi connectivity index (χ0v) is 11.3. The van der Waals surface area contributed by atoms with Crippen molar-refractivity contribution in [1.29, 1.82) is 5.26 Å². The minimum absolute atomic E-state index is 0.00127. The van der Waals surface area contributed by atoms with E-state index in [2.05, 4.69) is 11.1 Å². The van der Waals surface area contributed by atoms with Gasteiger partial charge in [0.25, 0.3) is 0 Å². The number of carbonyl (C=O) groups is 2. The molecule has 1 saturated heterocycles. The molecule has 1 amide bonds. The number of nitrogens with zero attached hydrogens (tertiary/aromatic N) is 3. The Morgan fingerprint density at radius 2 is 2.10 bits per heavy atom. The fourth-order valence-corrected chi connectivity index (χ4v) is 2.31. The molecule has 5 heteroatoms. The van der Waals surface area contributed by atoms with Crippen molar-refractivity contribution in [3.8, 4) is 6.07 Å². The number of pyridine rings is 1. The van der Waals surface area contributed by atoms with E-state index in [1.54, 1.807) is 23.2 Å². The molecule has 2 heterocycles. The van der Waals surface area contributed by atoms with E-state index in [9.17, 15) is 9.59 Å². The highest BCUT2D eigenvalue weighted by Gasteiger charge is 2.22. The number of piperidine rings is 1. The van der Waals surface area contributed by atoms with E-state index >= 15 is 0 Å². The largest absolute Gasteiger partial charge is 0.343 e. The number of hydrogen-bond donors (Lipinski definition) is 0. The van der Waals surface area contributed by atoms with Crippen LogP contribution in [0, 0.1) is 17.2 Å². The molecule has 0 unspecified atom stereocenters. The molecule has 5 nitrogen and oxygen atoms in total. The Bertz CT molecular complexity index is 514. The Kier molecular flexibility index (Phi) is 4.83. The second-order valence-electron chi connectivity index (χ2n) is 4.95. The van der Waals surface area contributed by atoms with Crippen LogP contribution in [0.1, 0.15) is 36.0 Å². The van der Waals surface area contributed by atoms with Crippen molar-refractivity contribution in [2.24, 2.45) is 5.92 Å². The van der Waals surface area contributed by atoms with Gasteiger partial charge in [0.15, 0.2) is 5.78 Å². The molecule has 0 aliphatic carbocycles. The van der Waals surface area contributed by atoms with E-state index in [1.165, 1.54) is 6.20 Å². The first-order valence-corrected chi connectivity index (χ1v) is 6.81. The van der Waals surface area contributed by atoms with E-state index < -0.39 is 0 Å². The van der Waals surface area contributed by atoms with Gasteiger partial charge in [0.2, 0.25) is 5.91 Å². The van der Waals surface area contributed by atoms with Crippen LogP contribution in [0.15, 0.2) is 24.5 Å². The van der Waals surface area contributed by atoms with Gasteiger partial charge in [0.05, 0.1) is 6.07 Å². The first kappa shape index (κ1) is 14.2.